The number of hydrogen-bond donors (Lipinski definition) is 2. The molecule has 5 heteroatoms. The average molecular weight is 311 g/mol. The molecule has 0 radical (unpaired) electrons. The predicted molar refractivity (Wildman–Crippen MR) is 89.0 cm³/mol. The Labute approximate surface area is 135 Å². The molecule has 0 bridgehead atoms. The van der Waals surface area contributed by atoms with Gasteiger partial charge in [0.15, 0.2) is 0 Å². The maximum Gasteiger partial charge on any atom is 0.315 e. The number of rotatable bonds is 4. The van der Waals surface area contributed by atoms with Crippen molar-refractivity contribution in [3.63, 3.8) is 0 Å². The van der Waals surface area contributed by atoms with Crippen molar-refractivity contribution in [1.82, 2.24) is 15.5 Å². The molecule has 2 amide bonds. The van der Waals surface area contributed by atoms with Gasteiger partial charge in [-0.2, -0.15) is 0 Å². The second-order valence-electron chi connectivity index (χ2n) is 7.65. The van der Waals surface area contributed by atoms with Crippen molar-refractivity contribution in [2.45, 2.75) is 58.5 Å². The third-order valence-corrected chi connectivity index (χ3v) is 5.39. The Morgan fingerprint density at radius 3 is 2.36 bits per heavy atom. The molecule has 1 aliphatic heterocycles. The van der Waals surface area contributed by atoms with E-state index in [1.165, 1.54) is 19.3 Å². The van der Waals surface area contributed by atoms with Crippen LogP contribution in [0.5, 0.6) is 0 Å². The van der Waals surface area contributed by atoms with Crippen LogP contribution in [-0.2, 0) is 4.74 Å². The third kappa shape index (κ3) is 4.59. The van der Waals surface area contributed by atoms with Crippen LogP contribution in [0.2, 0.25) is 0 Å². The normalized spacial score (nSPS) is 28.4. The van der Waals surface area contributed by atoms with E-state index in [9.17, 15) is 4.79 Å². The number of nitrogens with one attached hydrogen (secondary N) is 2. The summed E-state index contributed by atoms with van der Waals surface area (Å²) in [6.45, 7) is 13.0. The molecule has 0 spiro atoms. The van der Waals surface area contributed by atoms with Gasteiger partial charge < -0.3 is 15.4 Å². The molecule has 1 heterocycles. The topological polar surface area (TPSA) is 53.6 Å². The summed E-state index contributed by atoms with van der Waals surface area (Å²) in [6, 6.07) is 0.284. The molecule has 2 atom stereocenters. The van der Waals surface area contributed by atoms with Gasteiger partial charge in [-0.05, 0) is 38.5 Å². The van der Waals surface area contributed by atoms with Crippen molar-refractivity contribution in [2.24, 2.45) is 11.8 Å². The van der Waals surface area contributed by atoms with Crippen LogP contribution in [0.1, 0.15) is 47.0 Å². The van der Waals surface area contributed by atoms with Gasteiger partial charge in [0.1, 0.15) is 0 Å². The number of amides is 2. The Bertz CT molecular complexity index is 357. The Hall–Kier alpha value is -0.810. The molecule has 2 N–H and O–H groups in total. The highest BCUT2D eigenvalue weighted by Crippen LogP contribution is 2.28. The molecular formula is C17H33N3O2. The summed E-state index contributed by atoms with van der Waals surface area (Å²) >= 11 is 0. The molecule has 0 aromatic heterocycles. The van der Waals surface area contributed by atoms with Crippen molar-refractivity contribution in [1.29, 1.82) is 0 Å². The van der Waals surface area contributed by atoms with Crippen LogP contribution in [-0.4, -0.2) is 55.4 Å². The molecule has 2 fully saturated rings. The van der Waals surface area contributed by atoms with Crippen molar-refractivity contribution in [3.8, 4) is 0 Å². The molecule has 128 valence electrons. The minimum Gasteiger partial charge on any atom is -0.379 e. The van der Waals surface area contributed by atoms with Gasteiger partial charge in [0.05, 0.1) is 13.2 Å². The molecule has 2 aliphatic rings. The summed E-state index contributed by atoms with van der Waals surface area (Å²) in [4.78, 5) is 14.7. The van der Waals surface area contributed by atoms with E-state index in [4.69, 9.17) is 4.74 Å². The summed E-state index contributed by atoms with van der Waals surface area (Å²) in [6.07, 6.45) is 3.72. The van der Waals surface area contributed by atoms with Crippen molar-refractivity contribution >= 4 is 6.03 Å². The van der Waals surface area contributed by atoms with Gasteiger partial charge >= 0.3 is 6.03 Å². The number of nitrogens with zero attached hydrogens (tertiary/aromatic N) is 1. The lowest BCUT2D eigenvalue weighted by Gasteiger charge is -2.41. The molecule has 0 aromatic rings. The summed E-state index contributed by atoms with van der Waals surface area (Å²) in [5.74, 6) is 1.14. The maximum absolute atomic E-state index is 12.3. The van der Waals surface area contributed by atoms with Gasteiger partial charge in [0.2, 0.25) is 0 Å². The second-order valence-corrected chi connectivity index (χ2v) is 7.65. The Kier molecular flexibility index (Phi) is 6.09. The van der Waals surface area contributed by atoms with Crippen LogP contribution in [0, 0.1) is 11.8 Å². The molecule has 0 aromatic carbocycles. The van der Waals surface area contributed by atoms with E-state index in [0.717, 1.165) is 26.3 Å². The molecule has 1 saturated heterocycles. The highest BCUT2D eigenvalue weighted by molar-refractivity contribution is 5.74. The lowest BCUT2D eigenvalue weighted by atomic mass is 9.79. The highest BCUT2D eigenvalue weighted by atomic mass is 16.5. The maximum atomic E-state index is 12.3. The number of urea groups is 1. The van der Waals surface area contributed by atoms with Gasteiger partial charge in [-0.15, -0.1) is 0 Å². The summed E-state index contributed by atoms with van der Waals surface area (Å²) in [7, 11) is 0. The minimum absolute atomic E-state index is 0.0214. The Morgan fingerprint density at radius 2 is 1.77 bits per heavy atom. The molecule has 2 rings (SSSR count). The first-order valence-electron chi connectivity index (χ1n) is 8.77. The average Bonchev–Trinajstić information content (AvgIpc) is 2.50. The van der Waals surface area contributed by atoms with Crippen LogP contribution >= 0.6 is 0 Å². The Balaban J connectivity index is 1.78. The zero-order valence-corrected chi connectivity index (χ0v) is 14.7. The first kappa shape index (κ1) is 17.5. The van der Waals surface area contributed by atoms with Crippen LogP contribution in [0.15, 0.2) is 0 Å². The van der Waals surface area contributed by atoms with Crippen molar-refractivity contribution in [3.05, 3.63) is 0 Å². The number of carbonyl (C=O) groups is 1. The largest absolute Gasteiger partial charge is 0.379 e. The van der Waals surface area contributed by atoms with E-state index in [1.807, 2.05) is 0 Å². The fraction of sp³-hybridized carbons (Fsp3) is 0.941. The Morgan fingerprint density at radius 1 is 1.18 bits per heavy atom. The lowest BCUT2D eigenvalue weighted by molar-refractivity contribution is -0.00881. The van der Waals surface area contributed by atoms with Crippen LogP contribution in [0.3, 0.4) is 0 Å². The van der Waals surface area contributed by atoms with Gasteiger partial charge in [0.25, 0.3) is 0 Å². The monoisotopic (exact) mass is 311 g/mol. The first-order valence-corrected chi connectivity index (χ1v) is 8.77. The zero-order chi connectivity index (χ0) is 16.2. The fourth-order valence-electron chi connectivity index (χ4n) is 3.75. The van der Waals surface area contributed by atoms with Crippen molar-refractivity contribution < 1.29 is 9.53 Å². The lowest BCUT2D eigenvalue weighted by Crippen LogP contribution is -2.57. The van der Waals surface area contributed by atoms with E-state index in [1.54, 1.807) is 0 Å². The van der Waals surface area contributed by atoms with E-state index in [0.29, 0.717) is 24.4 Å². The van der Waals surface area contributed by atoms with E-state index < -0.39 is 0 Å². The SMILES string of the molecule is C[C@H]1CCC[C@H](C)C1NC(=O)NCC(C)(C)N1CCOCC1. The van der Waals surface area contributed by atoms with Gasteiger partial charge in [0, 0.05) is 31.2 Å². The molecule has 5 nitrogen and oxygen atoms in total. The quantitative estimate of drug-likeness (QED) is 0.837. The predicted octanol–water partition coefficient (Wildman–Crippen LogP) is 2.22. The van der Waals surface area contributed by atoms with E-state index in [2.05, 4.69) is 43.2 Å². The molecule has 0 unspecified atom stereocenters. The van der Waals surface area contributed by atoms with Gasteiger partial charge in [-0.25, -0.2) is 4.79 Å². The van der Waals surface area contributed by atoms with E-state index >= 15 is 0 Å². The smallest absolute Gasteiger partial charge is 0.315 e. The molecule has 1 saturated carbocycles. The van der Waals surface area contributed by atoms with Gasteiger partial charge in [-0.3, -0.25) is 4.90 Å². The minimum atomic E-state index is -0.0368. The van der Waals surface area contributed by atoms with Crippen LogP contribution in [0.25, 0.3) is 0 Å². The molecule has 22 heavy (non-hydrogen) atoms. The molecular weight excluding hydrogens is 278 g/mol. The van der Waals surface area contributed by atoms with Crippen LogP contribution in [0.4, 0.5) is 4.79 Å². The van der Waals surface area contributed by atoms with Crippen molar-refractivity contribution in [2.75, 3.05) is 32.8 Å². The summed E-state index contributed by atoms with van der Waals surface area (Å²) in [5.41, 5.74) is -0.0368. The summed E-state index contributed by atoms with van der Waals surface area (Å²) < 4.78 is 5.40. The zero-order valence-electron chi connectivity index (χ0n) is 14.7. The first-order chi connectivity index (χ1) is 10.4. The summed E-state index contributed by atoms with van der Waals surface area (Å²) in [5, 5.41) is 6.28. The third-order valence-electron chi connectivity index (χ3n) is 5.39. The standard InChI is InChI=1S/C17H33N3O2/c1-13-6-5-7-14(2)15(13)19-16(21)18-12-17(3,4)20-8-10-22-11-9-20/h13-15H,5-12H2,1-4H3,(H2,18,19,21)/t13-,14-/m0/s1. The second kappa shape index (κ2) is 7.64. The highest BCUT2D eigenvalue weighted by Gasteiger charge is 2.31. The molecule has 1 aliphatic carbocycles. The van der Waals surface area contributed by atoms with Crippen LogP contribution < -0.4 is 10.6 Å². The van der Waals surface area contributed by atoms with Gasteiger partial charge in [-0.1, -0.05) is 20.3 Å². The number of hydrogen-bond acceptors (Lipinski definition) is 3. The van der Waals surface area contributed by atoms with E-state index in [-0.39, 0.29) is 11.6 Å². The number of ether oxygens (including phenoxy) is 1. The number of morpholine rings is 1. The fourth-order valence-corrected chi connectivity index (χ4v) is 3.75. The number of carbonyl (C=O) groups excluding carboxylic acids is 1.